The summed E-state index contributed by atoms with van der Waals surface area (Å²) in [6, 6.07) is -0.946. The zero-order valence-corrected chi connectivity index (χ0v) is 58.7. The molecule has 12 unspecified atom stereocenters. The van der Waals surface area contributed by atoms with Crippen molar-refractivity contribution in [3.63, 3.8) is 0 Å². The molecule has 14 heteroatoms. The van der Waals surface area contributed by atoms with E-state index in [1.165, 1.54) is 135 Å². The van der Waals surface area contributed by atoms with E-state index in [0.29, 0.717) is 12.8 Å². The van der Waals surface area contributed by atoms with Gasteiger partial charge in [0.05, 0.1) is 32.0 Å². The fourth-order valence-corrected chi connectivity index (χ4v) is 11.4. The molecule has 14 nitrogen and oxygen atoms in total. The predicted octanol–water partition coefficient (Wildman–Crippen LogP) is 16.2. The molecule has 2 saturated heterocycles. The van der Waals surface area contributed by atoms with E-state index in [1.54, 1.807) is 6.08 Å². The molecule has 0 radical (unpaired) electrons. The second-order valence-electron chi connectivity index (χ2n) is 25.7. The summed E-state index contributed by atoms with van der Waals surface area (Å²) in [7, 11) is 0. The minimum Gasteiger partial charge on any atom is -0.394 e. The summed E-state index contributed by atoms with van der Waals surface area (Å²) in [5.41, 5.74) is 0. The van der Waals surface area contributed by atoms with Crippen molar-refractivity contribution in [1.29, 1.82) is 0 Å². The van der Waals surface area contributed by atoms with Gasteiger partial charge < -0.3 is 65.1 Å². The van der Waals surface area contributed by atoms with Gasteiger partial charge in [0.25, 0.3) is 0 Å². The molecule has 0 aliphatic carbocycles. The molecule has 2 aliphatic rings. The maximum Gasteiger partial charge on any atom is 0.220 e. The van der Waals surface area contributed by atoms with Crippen LogP contribution in [0.25, 0.3) is 0 Å². The van der Waals surface area contributed by atoms with E-state index in [2.05, 4.69) is 141 Å². The average molecular weight is 1320 g/mol. The topological polar surface area (TPSA) is 228 Å². The fraction of sp³-hybridized carbons (Fsp3) is 0.713. The number of carbonyl (C=O) groups excluding carboxylic acids is 1. The van der Waals surface area contributed by atoms with Crippen LogP contribution >= 0.6 is 0 Å². The molecule has 12 atom stereocenters. The third kappa shape index (κ3) is 45.6. The van der Waals surface area contributed by atoms with Crippen LogP contribution in [0.4, 0.5) is 0 Å². The van der Waals surface area contributed by atoms with Crippen LogP contribution in [0.2, 0.25) is 0 Å². The van der Waals surface area contributed by atoms with Gasteiger partial charge in [0.15, 0.2) is 12.6 Å². The van der Waals surface area contributed by atoms with Crippen LogP contribution < -0.4 is 5.32 Å². The van der Waals surface area contributed by atoms with Gasteiger partial charge in [0.2, 0.25) is 5.91 Å². The number of carbonyl (C=O) groups is 1. The van der Waals surface area contributed by atoms with Gasteiger partial charge in [0, 0.05) is 6.42 Å². The van der Waals surface area contributed by atoms with Crippen molar-refractivity contribution in [2.75, 3.05) is 19.8 Å². The Morgan fingerprint density at radius 1 is 0.394 bits per heavy atom. The van der Waals surface area contributed by atoms with Gasteiger partial charge in [-0.25, -0.2) is 0 Å². The van der Waals surface area contributed by atoms with Crippen LogP contribution in [0, 0.1) is 0 Å². The van der Waals surface area contributed by atoms with Crippen molar-refractivity contribution in [1.82, 2.24) is 5.32 Å². The first-order chi connectivity index (χ1) is 46.1. The average Bonchev–Trinajstić information content (AvgIpc) is 0.794. The molecule has 2 heterocycles. The second-order valence-corrected chi connectivity index (χ2v) is 25.7. The number of allylic oxidation sites excluding steroid dienone is 21. The Hall–Kier alpha value is -3.87. The van der Waals surface area contributed by atoms with E-state index in [0.717, 1.165) is 103 Å². The highest BCUT2D eigenvalue weighted by Gasteiger charge is 2.51. The third-order valence-corrected chi connectivity index (χ3v) is 17.3. The van der Waals surface area contributed by atoms with Gasteiger partial charge >= 0.3 is 0 Å². The molecule has 1 amide bonds. The molecule has 0 spiro atoms. The highest BCUT2D eigenvalue weighted by molar-refractivity contribution is 5.76. The lowest BCUT2D eigenvalue weighted by Crippen LogP contribution is -2.65. The summed E-state index contributed by atoms with van der Waals surface area (Å²) in [6.07, 6.45) is 76.5. The normalized spacial score (nSPS) is 23.3. The molecule has 94 heavy (non-hydrogen) atoms. The Morgan fingerprint density at radius 3 is 1.17 bits per heavy atom. The zero-order valence-electron chi connectivity index (χ0n) is 58.7. The Morgan fingerprint density at radius 2 is 0.745 bits per heavy atom. The van der Waals surface area contributed by atoms with E-state index in [4.69, 9.17) is 18.9 Å². The maximum absolute atomic E-state index is 13.4. The summed E-state index contributed by atoms with van der Waals surface area (Å²) in [6.45, 7) is 2.68. The molecule has 0 aromatic heterocycles. The van der Waals surface area contributed by atoms with Crippen LogP contribution in [0.15, 0.2) is 134 Å². The first-order valence-electron chi connectivity index (χ1n) is 37.4. The first-order valence-corrected chi connectivity index (χ1v) is 37.4. The summed E-state index contributed by atoms with van der Waals surface area (Å²) < 4.78 is 22.9. The van der Waals surface area contributed by atoms with Crippen molar-refractivity contribution in [2.45, 2.75) is 344 Å². The Labute approximate surface area is 570 Å². The third-order valence-electron chi connectivity index (χ3n) is 17.3. The quantitative estimate of drug-likeness (QED) is 0.0204. The van der Waals surface area contributed by atoms with Crippen molar-refractivity contribution in [2.24, 2.45) is 0 Å². The van der Waals surface area contributed by atoms with Gasteiger partial charge in [-0.1, -0.05) is 295 Å². The number of unbranched alkanes of at least 4 members (excludes halogenated alkanes) is 27. The standard InChI is InChI=1S/C80H135NO13/c1-3-5-7-9-11-13-15-17-19-21-23-25-27-28-29-30-31-32-33-34-35-36-37-38-39-40-42-44-46-48-50-52-54-56-58-60-62-64-72(85)81-68(67-91-79-77(90)75(88)78(71(66-83)93-79)94-80-76(89)74(87)73(86)70(65-82)92-80)69(84)63-61-59-57-55-53-51-49-47-45-43-41-26-24-22-20-18-16-14-12-10-8-6-4-2/h5,7,11,13,17,19,23,25,28-29,31-32,34-35,37-38,40,42,53,55,61,63,68-71,73-80,82-84,86-90H,3-4,6,8-10,12,14-16,18,20-22,24,26-27,30,33,36,39,41,43-52,54,56-60,62,64-67H2,1-2H3,(H,81,85)/b7-5-,13-11-,19-17-,25-23-,29-28-,32-31-,35-34-,38-37-,42-40-,55-53+,63-61+. The van der Waals surface area contributed by atoms with Gasteiger partial charge in [-0.05, 0) is 103 Å². The second kappa shape index (κ2) is 62.6. The van der Waals surface area contributed by atoms with Crippen molar-refractivity contribution < 1.29 is 64.6 Å². The molecule has 2 aliphatic heterocycles. The van der Waals surface area contributed by atoms with E-state index in [-0.39, 0.29) is 18.9 Å². The number of ether oxygens (including phenoxy) is 4. The summed E-state index contributed by atoms with van der Waals surface area (Å²) in [5.74, 6) is -0.259. The van der Waals surface area contributed by atoms with Gasteiger partial charge in [-0.2, -0.15) is 0 Å². The highest BCUT2D eigenvalue weighted by Crippen LogP contribution is 2.30. The lowest BCUT2D eigenvalue weighted by atomic mass is 9.97. The molecule has 2 fully saturated rings. The van der Waals surface area contributed by atoms with Crippen LogP contribution in [0.5, 0.6) is 0 Å². The van der Waals surface area contributed by atoms with Gasteiger partial charge in [-0.15, -0.1) is 0 Å². The maximum atomic E-state index is 13.4. The molecule has 0 aromatic rings. The first kappa shape index (κ1) is 86.2. The van der Waals surface area contributed by atoms with E-state index < -0.39 is 86.8 Å². The number of aliphatic hydroxyl groups is 8. The van der Waals surface area contributed by atoms with E-state index in [9.17, 15) is 45.6 Å². The van der Waals surface area contributed by atoms with Crippen LogP contribution in [0.3, 0.4) is 0 Å². The smallest absolute Gasteiger partial charge is 0.220 e. The zero-order chi connectivity index (χ0) is 68.0. The number of amides is 1. The van der Waals surface area contributed by atoms with Crippen LogP contribution in [0.1, 0.15) is 271 Å². The monoisotopic (exact) mass is 1320 g/mol. The number of nitrogens with one attached hydrogen (secondary N) is 1. The highest BCUT2D eigenvalue weighted by atomic mass is 16.7. The SMILES string of the molecule is CC/C=C\C/C=C\C/C=C\C/C=C\C/C=C\C/C=C\C/C=C\C/C=C\C/C=C\CCCCCCCCCCCC(=O)NC(COC1OC(CO)C(OC2OC(CO)C(O)C(O)C2O)C(O)C1O)C(O)/C=C/CC/C=C/CCCCCCCCCCCCCCCCCCC. The Balaban J connectivity index is 1.67. The number of hydrogen-bond acceptors (Lipinski definition) is 13. The number of hydrogen-bond donors (Lipinski definition) is 9. The minimum absolute atomic E-state index is 0.258. The molecular formula is C80H135NO13. The Bertz CT molecular complexity index is 2090. The fourth-order valence-electron chi connectivity index (χ4n) is 11.4. The summed E-state index contributed by atoms with van der Waals surface area (Å²) >= 11 is 0. The molecule has 2 rings (SSSR count). The number of aliphatic hydroxyl groups excluding tert-OH is 8. The molecule has 0 bridgehead atoms. The summed E-state index contributed by atoms with van der Waals surface area (Å²) in [4.78, 5) is 13.4. The van der Waals surface area contributed by atoms with Crippen molar-refractivity contribution in [3.05, 3.63) is 134 Å². The van der Waals surface area contributed by atoms with Crippen molar-refractivity contribution in [3.8, 4) is 0 Å². The Kier molecular flexibility index (Phi) is 57.4. The summed E-state index contributed by atoms with van der Waals surface area (Å²) in [5, 5.41) is 87.5. The van der Waals surface area contributed by atoms with Crippen molar-refractivity contribution >= 4 is 5.91 Å². The number of rotatable bonds is 60. The minimum atomic E-state index is -1.80. The molecule has 538 valence electrons. The molecule has 0 saturated carbocycles. The van der Waals surface area contributed by atoms with E-state index >= 15 is 0 Å². The predicted molar refractivity (Wildman–Crippen MR) is 387 cm³/mol. The lowest BCUT2D eigenvalue weighted by molar-refractivity contribution is -0.359. The van der Waals surface area contributed by atoms with Gasteiger partial charge in [-0.3, -0.25) is 4.79 Å². The van der Waals surface area contributed by atoms with Gasteiger partial charge in [0.1, 0.15) is 48.8 Å². The van der Waals surface area contributed by atoms with Crippen LogP contribution in [-0.2, 0) is 23.7 Å². The molecular weight excluding hydrogens is 1180 g/mol. The van der Waals surface area contributed by atoms with E-state index in [1.807, 2.05) is 6.08 Å². The largest absolute Gasteiger partial charge is 0.394 e. The lowest BCUT2D eigenvalue weighted by Gasteiger charge is -2.46. The van der Waals surface area contributed by atoms with Crippen LogP contribution in [-0.4, -0.2) is 140 Å². The molecule has 9 N–H and O–H groups in total. The molecule has 0 aromatic carbocycles.